The maximum Gasteiger partial charge on any atom is 0.200 e. The van der Waals surface area contributed by atoms with Gasteiger partial charge >= 0.3 is 0 Å². The average molecular weight is 480 g/mol. The largest absolute Gasteiger partial charge is 1.00 e. The van der Waals surface area contributed by atoms with Crippen LogP contribution in [0, 0.1) is 0 Å². The number of hydrogen-bond donors (Lipinski definition) is 8. The summed E-state index contributed by atoms with van der Waals surface area (Å²) < 4.78 is 0. The molecule has 0 amide bonds. The van der Waals surface area contributed by atoms with E-state index < -0.39 is 11.6 Å². The Morgan fingerprint density at radius 1 is 0.576 bits per heavy atom. The molecule has 0 aliphatic heterocycles. The molecule has 0 unspecified atom stereocenters. The zero-order valence-electron chi connectivity index (χ0n) is 17.9. The Labute approximate surface area is 197 Å². The molecule has 2 aromatic carbocycles. The molecule has 3 rings (SSSR count). The molecule has 0 saturated carbocycles. The summed E-state index contributed by atoms with van der Waals surface area (Å²) in [5.41, 5.74) is 0.678. The van der Waals surface area contributed by atoms with Gasteiger partial charge in [-0.1, -0.05) is 0 Å². The van der Waals surface area contributed by atoms with Crippen LogP contribution in [-0.4, -0.2) is 84.5 Å². The zero-order valence-corrected chi connectivity index (χ0v) is 18.7. The third-order valence-electron chi connectivity index (χ3n) is 5.09. The van der Waals surface area contributed by atoms with Gasteiger partial charge in [-0.3, -0.25) is 9.59 Å². The summed E-state index contributed by atoms with van der Waals surface area (Å²) in [6.07, 6.45) is 0. The number of aliphatic hydroxyl groups excluding tert-OH is 2. The standard InChI is InChI=1S/C22H28N4O6.ClH/c27-11-9-23-5-7-25-13-1-2-14(26-8-6-24-10-12-28)18-17(13)21(31)19-15(29)3-4-16(30)20(19)22(18)32;/h1-4,23-30H,5-12H2;1H/p-1. The van der Waals surface area contributed by atoms with Crippen LogP contribution in [-0.2, 0) is 0 Å². The van der Waals surface area contributed by atoms with Crippen LogP contribution in [0.5, 0.6) is 11.5 Å². The number of aromatic hydroxyl groups is 2. The Morgan fingerprint density at radius 3 is 1.33 bits per heavy atom. The van der Waals surface area contributed by atoms with Crippen LogP contribution in [0.25, 0.3) is 0 Å². The van der Waals surface area contributed by atoms with E-state index in [0.717, 1.165) is 0 Å². The molecule has 0 heterocycles. The Hall–Kier alpha value is -2.89. The topological polar surface area (TPSA) is 163 Å². The first kappa shape index (κ1) is 26.4. The van der Waals surface area contributed by atoms with E-state index in [0.29, 0.717) is 50.6 Å². The molecule has 1 aliphatic carbocycles. The Morgan fingerprint density at radius 2 is 0.970 bits per heavy atom. The smallest absolute Gasteiger partial charge is 0.200 e. The molecule has 0 saturated heterocycles. The van der Waals surface area contributed by atoms with Gasteiger partial charge < -0.3 is 54.1 Å². The SMILES string of the molecule is O=C1c2c(O)ccc(O)c2C(=O)c2c(NCCNCCO)ccc(NCCNCCO)c21.[Cl-]. The van der Waals surface area contributed by atoms with Gasteiger partial charge in [0.05, 0.1) is 35.5 Å². The van der Waals surface area contributed by atoms with Crippen LogP contribution >= 0.6 is 0 Å². The van der Waals surface area contributed by atoms with Crippen molar-refractivity contribution in [3.8, 4) is 11.5 Å². The molecule has 0 bridgehead atoms. The lowest BCUT2D eigenvalue weighted by Crippen LogP contribution is -3.00. The van der Waals surface area contributed by atoms with Crippen LogP contribution < -0.4 is 33.7 Å². The molecule has 1 aliphatic rings. The summed E-state index contributed by atoms with van der Waals surface area (Å²) in [4.78, 5) is 26.7. The summed E-state index contributed by atoms with van der Waals surface area (Å²) in [6.45, 7) is 2.81. The number of benzene rings is 2. The van der Waals surface area contributed by atoms with E-state index in [-0.39, 0.29) is 59.4 Å². The van der Waals surface area contributed by atoms with Gasteiger partial charge in [-0.2, -0.15) is 0 Å². The predicted octanol–water partition coefficient (Wildman–Crippen LogP) is -3.14. The van der Waals surface area contributed by atoms with Gasteiger partial charge in [-0.05, 0) is 24.3 Å². The molecule has 0 atom stereocenters. The highest BCUT2D eigenvalue weighted by Gasteiger charge is 2.37. The van der Waals surface area contributed by atoms with Crippen molar-refractivity contribution < 1.29 is 42.4 Å². The predicted molar refractivity (Wildman–Crippen MR) is 120 cm³/mol. The molecule has 10 nitrogen and oxygen atoms in total. The second kappa shape index (κ2) is 12.4. The van der Waals surface area contributed by atoms with E-state index in [4.69, 9.17) is 10.2 Å². The summed E-state index contributed by atoms with van der Waals surface area (Å²) >= 11 is 0. The van der Waals surface area contributed by atoms with Crippen molar-refractivity contribution >= 4 is 22.9 Å². The minimum absolute atomic E-state index is 0. The lowest BCUT2D eigenvalue weighted by molar-refractivity contribution is -0.0000248. The molecule has 0 fully saturated rings. The minimum atomic E-state index is -0.559. The highest BCUT2D eigenvalue weighted by atomic mass is 35.5. The van der Waals surface area contributed by atoms with Gasteiger partial charge in [-0.25, -0.2) is 0 Å². The number of ketones is 2. The fourth-order valence-electron chi connectivity index (χ4n) is 3.64. The summed E-state index contributed by atoms with van der Waals surface area (Å²) in [6, 6.07) is 5.74. The number of rotatable bonds is 12. The van der Waals surface area contributed by atoms with Crippen LogP contribution in [0.4, 0.5) is 11.4 Å². The lowest BCUT2D eigenvalue weighted by atomic mass is 9.81. The summed E-state index contributed by atoms with van der Waals surface area (Å²) in [7, 11) is 0. The van der Waals surface area contributed by atoms with Crippen LogP contribution in [0.15, 0.2) is 24.3 Å². The molecule has 0 aromatic heterocycles. The van der Waals surface area contributed by atoms with Crippen LogP contribution in [0.1, 0.15) is 31.8 Å². The van der Waals surface area contributed by atoms with E-state index in [2.05, 4.69) is 21.3 Å². The summed E-state index contributed by atoms with van der Waals surface area (Å²) in [5, 5.41) is 50.6. The maximum atomic E-state index is 13.4. The van der Waals surface area contributed by atoms with Crippen LogP contribution in [0.2, 0.25) is 0 Å². The number of aliphatic hydroxyl groups is 2. The third kappa shape index (κ3) is 5.73. The number of hydrogen-bond acceptors (Lipinski definition) is 10. The summed E-state index contributed by atoms with van der Waals surface area (Å²) in [5.74, 6) is -1.86. The molecule has 8 N–H and O–H groups in total. The van der Waals surface area contributed by atoms with Gasteiger partial charge in [0.15, 0.2) is 0 Å². The first-order valence-corrected chi connectivity index (χ1v) is 10.4. The first-order valence-electron chi connectivity index (χ1n) is 10.4. The van der Waals surface area contributed by atoms with Crippen molar-refractivity contribution in [1.82, 2.24) is 10.6 Å². The molecule has 180 valence electrons. The number of nitrogens with one attached hydrogen (secondary N) is 4. The van der Waals surface area contributed by atoms with E-state index >= 15 is 0 Å². The molecular formula is C22H28ClN4O6-. The third-order valence-corrected chi connectivity index (χ3v) is 5.09. The Balaban J connectivity index is 0.00000385. The van der Waals surface area contributed by atoms with Gasteiger partial charge in [0.1, 0.15) is 11.5 Å². The highest BCUT2D eigenvalue weighted by Crippen LogP contribution is 2.42. The number of carbonyl (C=O) groups is 2. The second-order valence-corrected chi connectivity index (χ2v) is 7.22. The lowest BCUT2D eigenvalue weighted by Gasteiger charge is -2.25. The van der Waals surface area contributed by atoms with Gasteiger partial charge in [-0.15, -0.1) is 0 Å². The second-order valence-electron chi connectivity index (χ2n) is 7.22. The molecule has 0 radical (unpaired) electrons. The van der Waals surface area contributed by atoms with Crippen molar-refractivity contribution in [3.63, 3.8) is 0 Å². The van der Waals surface area contributed by atoms with Crippen molar-refractivity contribution in [3.05, 3.63) is 46.5 Å². The van der Waals surface area contributed by atoms with Crippen molar-refractivity contribution in [2.45, 2.75) is 0 Å². The Kier molecular flexibility index (Phi) is 9.89. The number of fused-ring (bicyclic) bond motifs is 2. The number of phenolic OH excluding ortho intramolecular Hbond substituents is 2. The van der Waals surface area contributed by atoms with E-state index in [1.807, 2.05) is 0 Å². The molecule has 2 aromatic rings. The number of halogens is 1. The molecule has 11 heteroatoms. The van der Waals surface area contributed by atoms with Crippen molar-refractivity contribution in [1.29, 1.82) is 0 Å². The van der Waals surface area contributed by atoms with E-state index in [1.54, 1.807) is 12.1 Å². The van der Waals surface area contributed by atoms with Gasteiger partial charge in [0.25, 0.3) is 0 Å². The zero-order chi connectivity index (χ0) is 23.1. The highest BCUT2D eigenvalue weighted by molar-refractivity contribution is 6.33. The monoisotopic (exact) mass is 479 g/mol. The fraction of sp³-hybridized carbons (Fsp3) is 0.364. The fourth-order valence-corrected chi connectivity index (χ4v) is 3.64. The number of anilines is 2. The normalized spacial score (nSPS) is 12.1. The average Bonchev–Trinajstić information content (AvgIpc) is 2.78. The van der Waals surface area contributed by atoms with Gasteiger partial charge in [0.2, 0.25) is 11.6 Å². The number of phenols is 2. The van der Waals surface area contributed by atoms with E-state index in [1.165, 1.54) is 12.1 Å². The van der Waals surface area contributed by atoms with Gasteiger partial charge in [0, 0.05) is 50.6 Å². The Bertz CT molecular complexity index is 923. The molecular weight excluding hydrogens is 452 g/mol. The minimum Gasteiger partial charge on any atom is -1.00 e. The first-order chi connectivity index (χ1) is 15.5. The molecule has 0 spiro atoms. The van der Waals surface area contributed by atoms with Crippen LogP contribution in [0.3, 0.4) is 0 Å². The van der Waals surface area contributed by atoms with E-state index in [9.17, 15) is 19.8 Å². The molecule has 33 heavy (non-hydrogen) atoms. The maximum absolute atomic E-state index is 13.4. The van der Waals surface area contributed by atoms with Crippen molar-refractivity contribution in [2.75, 3.05) is 63.1 Å². The number of carbonyl (C=O) groups excluding carboxylic acids is 2. The quantitative estimate of drug-likeness (QED) is 0.0983. The van der Waals surface area contributed by atoms with Crippen molar-refractivity contribution in [2.24, 2.45) is 0 Å².